The molecule has 18 heavy (non-hydrogen) atoms. The molecule has 1 atom stereocenters. The van der Waals surface area contributed by atoms with Crippen molar-refractivity contribution in [2.24, 2.45) is 0 Å². The van der Waals surface area contributed by atoms with E-state index in [1.807, 2.05) is 0 Å². The van der Waals surface area contributed by atoms with Gasteiger partial charge in [-0.2, -0.15) is 0 Å². The van der Waals surface area contributed by atoms with E-state index < -0.39 is 0 Å². The van der Waals surface area contributed by atoms with Crippen molar-refractivity contribution in [3.05, 3.63) is 18.6 Å². The van der Waals surface area contributed by atoms with Crippen LogP contribution in [-0.2, 0) is 9.53 Å². The first-order valence-electron chi connectivity index (χ1n) is 6.75. The van der Waals surface area contributed by atoms with E-state index in [9.17, 15) is 4.79 Å². The second-order valence-electron chi connectivity index (χ2n) is 5.95. The predicted octanol–water partition coefficient (Wildman–Crippen LogP) is 2.97. The Morgan fingerprint density at radius 3 is 2.44 bits per heavy atom. The summed E-state index contributed by atoms with van der Waals surface area (Å²) in [5.41, 5.74) is 0.475. The van der Waals surface area contributed by atoms with E-state index in [-0.39, 0.29) is 12.1 Å². The van der Waals surface area contributed by atoms with Crippen molar-refractivity contribution in [1.82, 2.24) is 0 Å². The smallest absolute Gasteiger partial charge is 0.333 e. The first-order chi connectivity index (χ1) is 8.26. The lowest BCUT2D eigenvalue weighted by Crippen LogP contribution is -2.36. The van der Waals surface area contributed by atoms with Crippen molar-refractivity contribution >= 4 is 5.97 Å². The van der Waals surface area contributed by atoms with Gasteiger partial charge in [-0.05, 0) is 19.8 Å². The molecule has 0 saturated heterocycles. The molecular formula is C15H29NO2+. The summed E-state index contributed by atoms with van der Waals surface area (Å²) in [6.45, 7) is 8.44. The van der Waals surface area contributed by atoms with Crippen LogP contribution >= 0.6 is 0 Å². The zero-order chi connectivity index (χ0) is 14.2. The van der Waals surface area contributed by atoms with Crippen molar-refractivity contribution in [2.45, 2.75) is 45.6 Å². The van der Waals surface area contributed by atoms with Crippen molar-refractivity contribution < 1.29 is 14.0 Å². The van der Waals surface area contributed by atoms with Crippen LogP contribution in [0.1, 0.15) is 39.5 Å². The highest BCUT2D eigenvalue weighted by molar-refractivity contribution is 5.87. The van der Waals surface area contributed by atoms with Crippen LogP contribution in [-0.4, -0.2) is 44.2 Å². The topological polar surface area (TPSA) is 26.3 Å². The molecule has 0 aliphatic rings. The Hall–Kier alpha value is -0.830. The number of carbonyl (C=O) groups excluding carboxylic acids is 1. The summed E-state index contributed by atoms with van der Waals surface area (Å²) < 4.78 is 6.35. The molecule has 0 fully saturated rings. The minimum atomic E-state index is -0.269. The van der Waals surface area contributed by atoms with E-state index in [4.69, 9.17) is 4.74 Å². The maximum atomic E-state index is 11.5. The lowest BCUT2D eigenvalue weighted by Gasteiger charge is -2.25. The Labute approximate surface area is 112 Å². The second-order valence-corrected chi connectivity index (χ2v) is 5.95. The van der Waals surface area contributed by atoms with Gasteiger partial charge in [0.25, 0.3) is 0 Å². The number of nitrogens with zero attached hydrogens (tertiary/aromatic N) is 1. The molecule has 0 N–H and O–H groups in total. The van der Waals surface area contributed by atoms with E-state index in [1.165, 1.54) is 0 Å². The fourth-order valence-electron chi connectivity index (χ4n) is 1.56. The van der Waals surface area contributed by atoms with Gasteiger partial charge in [-0.3, -0.25) is 0 Å². The van der Waals surface area contributed by atoms with Gasteiger partial charge >= 0.3 is 5.97 Å². The highest BCUT2D eigenvalue weighted by Gasteiger charge is 2.16. The second kappa shape index (κ2) is 8.30. The van der Waals surface area contributed by atoms with E-state index in [0.717, 1.165) is 36.7 Å². The summed E-state index contributed by atoms with van der Waals surface area (Å²) >= 11 is 0. The summed E-state index contributed by atoms with van der Waals surface area (Å²) in [6.07, 6.45) is 6.19. The molecule has 0 rings (SSSR count). The molecule has 3 heteroatoms. The fraction of sp³-hybridized carbons (Fsp3) is 0.733. The monoisotopic (exact) mass is 255 g/mol. The Kier molecular flexibility index (Phi) is 7.92. The molecule has 105 valence electrons. The molecule has 1 radical (unpaired) electrons. The van der Waals surface area contributed by atoms with E-state index in [2.05, 4.69) is 41.1 Å². The minimum absolute atomic E-state index is 0.000648. The number of hydrogen-bond donors (Lipinski definition) is 0. The van der Waals surface area contributed by atoms with Crippen LogP contribution in [0.15, 0.2) is 12.2 Å². The lowest BCUT2D eigenvalue weighted by atomic mass is 10.1. The van der Waals surface area contributed by atoms with Crippen LogP contribution in [0.4, 0.5) is 0 Å². The van der Waals surface area contributed by atoms with Crippen molar-refractivity contribution in [3.63, 3.8) is 0 Å². The zero-order valence-corrected chi connectivity index (χ0v) is 12.7. The largest absolute Gasteiger partial charge is 0.459 e. The normalized spacial score (nSPS) is 13.2. The Balaban J connectivity index is 4.14. The highest BCUT2D eigenvalue weighted by Crippen LogP contribution is 2.13. The Morgan fingerprint density at radius 1 is 1.39 bits per heavy atom. The third kappa shape index (κ3) is 9.23. The van der Waals surface area contributed by atoms with Gasteiger partial charge in [-0.1, -0.05) is 26.3 Å². The van der Waals surface area contributed by atoms with Crippen molar-refractivity contribution in [3.8, 4) is 0 Å². The number of unbranched alkanes of at least 4 members (excludes halogenated alkanes) is 1. The van der Waals surface area contributed by atoms with Gasteiger partial charge in [0.1, 0.15) is 6.10 Å². The number of hydrogen-bond acceptors (Lipinski definition) is 2. The van der Waals surface area contributed by atoms with Gasteiger partial charge in [0.2, 0.25) is 0 Å². The highest BCUT2D eigenvalue weighted by atomic mass is 16.5. The summed E-state index contributed by atoms with van der Waals surface area (Å²) in [5, 5.41) is 0. The molecule has 0 spiro atoms. The molecule has 0 saturated carbocycles. The number of quaternary nitrogens is 1. The number of ether oxygens (including phenoxy) is 1. The van der Waals surface area contributed by atoms with Gasteiger partial charge in [-0.25, -0.2) is 4.79 Å². The van der Waals surface area contributed by atoms with Crippen LogP contribution in [0, 0.1) is 6.42 Å². The van der Waals surface area contributed by atoms with Gasteiger partial charge in [-0.15, -0.1) is 0 Å². The molecule has 0 aromatic carbocycles. The number of rotatable bonds is 9. The van der Waals surface area contributed by atoms with Gasteiger partial charge < -0.3 is 9.22 Å². The molecule has 0 aromatic rings. The molecule has 0 aliphatic heterocycles. The number of esters is 1. The van der Waals surface area contributed by atoms with Gasteiger partial charge in [0.15, 0.2) is 0 Å². The molecule has 0 amide bonds. The maximum absolute atomic E-state index is 11.5. The van der Waals surface area contributed by atoms with E-state index >= 15 is 0 Å². The van der Waals surface area contributed by atoms with Crippen LogP contribution in [0.5, 0.6) is 0 Å². The summed E-state index contributed by atoms with van der Waals surface area (Å²) in [7, 11) is 6.45. The first-order valence-corrected chi connectivity index (χ1v) is 6.75. The number of carbonyl (C=O) groups is 1. The quantitative estimate of drug-likeness (QED) is 0.360. The summed E-state index contributed by atoms with van der Waals surface area (Å²) in [5.74, 6) is -0.269. The molecule has 3 nitrogen and oxygen atoms in total. The van der Waals surface area contributed by atoms with Crippen LogP contribution in [0.25, 0.3) is 0 Å². The van der Waals surface area contributed by atoms with Crippen molar-refractivity contribution in [1.29, 1.82) is 0 Å². The van der Waals surface area contributed by atoms with E-state index in [1.54, 1.807) is 6.92 Å². The predicted molar refractivity (Wildman–Crippen MR) is 76.0 cm³/mol. The van der Waals surface area contributed by atoms with Crippen LogP contribution in [0.2, 0.25) is 0 Å². The minimum Gasteiger partial charge on any atom is -0.459 e. The molecule has 0 aliphatic carbocycles. The standard InChI is InChI=1S/C15H29NO2/c1-7-8-10-14(18-15(17)13(2)3)11-9-12-16(4,5)6/h9,14H,2,7-8,10-12H2,1,3-6H3/q+1. The molecular weight excluding hydrogens is 226 g/mol. The lowest BCUT2D eigenvalue weighted by molar-refractivity contribution is -0.866. The molecule has 1 unspecified atom stereocenters. The Bertz CT molecular complexity index is 266. The molecule has 0 aromatic heterocycles. The SMILES string of the molecule is C=C(C)C(=O)OC(C[CH]C[N+](C)(C)C)CCCC. The average molecular weight is 255 g/mol. The van der Waals surface area contributed by atoms with Gasteiger partial charge in [0.05, 0.1) is 27.7 Å². The first kappa shape index (κ1) is 17.2. The van der Waals surface area contributed by atoms with Crippen molar-refractivity contribution in [2.75, 3.05) is 27.7 Å². The van der Waals surface area contributed by atoms with E-state index in [0.29, 0.717) is 5.57 Å². The van der Waals surface area contributed by atoms with Crippen LogP contribution < -0.4 is 0 Å². The maximum Gasteiger partial charge on any atom is 0.333 e. The Morgan fingerprint density at radius 2 is 2.00 bits per heavy atom. The summed E-state index contributed by atoms with van der Waals surface area (Å²) in [4.78, 5) is 11.5. The molecule has 0 bridgehead atoms. The third-order valence-corrected chi connectivity index (χ3v) is 2.61. The zero-order valence-electron chi connectivity index (χ0n) is 12.7. The third-order valence-electron chi connectivity index (χ3n) is 2.61. The fourth-order valence-corrected chi connectivity index (χ4v) is 1.56. The molecule has 0 heterocycles. The summed E-state index contributed by atoms with van der Waals surface area (Å²) in [6, 6.07) is 0. The van der Waals surface area contributed by atoms with Crippen LogP contribution in [0.3, 0.4) is 0 Å². The van der Waals surface area contributed by atoms with Gasteiger partial charge in [0, 0.05) is 12.0 Å². The average Bonchev–Trinajstić information content (AvgIpc) is 2.23.